The predicted molar refractivity (Wildman–Crippen MR) is 101 cm³/mol. The molecule has 142 valence electrons. The van der Waals surface area contributed by atoms with E-state index in [9.17, 15) is 4.79 Å². The normalized spacial score (nSPS) is 17.5. The Morgan fingerprint density at radius 2 is 1.93 bits per heavy atom. The van der Waals surface area contributed by atoms with Crippen LogP contribution in [0.4, 0.5) is 0 Å². The van der Waals surface area contributed by atoms with Crippen LogP contribution in [0.3, 0.4) is 0 Å². The van der Waals surface area contributed by atoms with Gasteiger partial charge in [-0.15, -0.1) is 0 Å². The Labute approximate surface area is 163 Å². The number of benzene rings is 2. The molecule has 2 aliphatic rings. The number of nitrogens with zero attached hydrogens (tertiary/aromatic N) is 1. The van der Waals surface area contributed by atoms with Gasteiger partial charge in [0, 0.05) is 25.2 Å². The number of ether oxygens (including phenoxy) is 3. The fraction of sp³-hybridized carbons (Fsp3) is 0.350. The first kappa shape index (κ1) is 18.1. The molecule has 0 spiro atoms. The van der Waals surface area contributed by atoms with Gasteiger partial charge >= 0.3 is 0 Å². The Balaban J connectivity index is 1.53. The van der Waals surface area contributed by atoms with E-state index >= 15 is 0 Å². The molecule has 0 aromatic heterocycles. The molecule has 0 radical (unpaired) electrons. The molecule has 2 aromatic carbocycles. The van der Waals surface area contributed by atoms with Crippen LogP contribution in [0.25, 0.3) is 0 Å². The summed E-state index contributed by atoms with van der Waals surface area (Å²) in [5, 5.41) is 3.51. The van der Waals surface area contributed by atoms with Gasteiger partial charge in [-0.1, -0.05) is 41.9 Å². The second-order valence-corrected chi connectivity index (χ2v) is 6.95. The van der Waals surface area contributed by atoms with Crippen LogP contribution in [-0.2, 0) is 4.74 Å². The minimum atomic E-state index is -0.197. The van der Waals surface area contributed by atoms with Crippen LogP contribution in [0.5, 0.6) is 11.5 Å². The van der Waals surface area contributed by atoms with E-state index in [0.717, 1.165) is 25.2 Å². The number of carbonyl (C=O) groups is 1. The number of amides is 1. The quantitative estimate of drug-likeness (QED) is 0.853. The molecule has 2 aliphatic heterocycles. The molecule has 1 saturated heterocycles. The molecule has 2 heterocycles. The first-order valence-corrected chi connectivity index (χ1v) is 9.33. The van der Waals surface area contributed by atoms with Crippen LogP contribution in [0.1, 0.15) is 22.0 Å². The molecule has 2 aromatic rings. The van der Waals surface area contributed by atoms with E-state index in [4.69, 9.17) is 25.8 Å². The lowest BCUT2D eigenvalue weighted by molar-refractivity contribution is 0.0332. The highest BCUT2D eigenvalue weighted by atomic mass is 35.5. The Bertz CT molecular complexity index is 809. The van der Waals surface area contributed by atoms with Crippen molar-refractivity contribution in [3.8, 4) is 11.5 Å². The fourth-order valence-electron chi connectivity index (χ4n) is 3.30. The van der Waals surface area contributed by atoms with Gasteiger partial charge in [0.25, 0.3) is 5.91 Å². The van der Waals surface area contributed by atoms with Crippen molar-refractivity contribution in [3.05, 3.63) is 58.6 Å². The van der Waals surface area contributed by atoms with Gasteiger partial charge in [-0.05, 0) is 17.7 Å². The summed E-state index contributed by atoms with van der Waals surface area (Å²) >= 11 is 6.22. The smallest absolute Gasteiger partial charge is 0.252 e. The number of fused-ring (bicyclic) bond motifs is 1. The van der Waals surface area contributed by atoms with Gasteiger partial charge < -0.3 is 19.5 Å². The number of halogens is 1. The lowest BCUT2D eigenvalue weighted by Crippen LogP contribution is -2.43. The third-order valence-electron chi connectivity index (χ3n) is 4.74. The molecule has 0 aliphatic carbocycles. The summed E-state index contributed by atoms with van der Waals surface area (Å²) in [6.07, 6.45) is 0. The summed E-state index contributed by atoms with van der Waals surface area (Å²) < 4.78 is 16.1. The number of hydrogen-bond acceptors (Lipinski definition) is 5. The molecule has 27 heavy (non-hydrogen) atoms. The first-order valence-electron chi connectivity index (χ1n) is 8.96. The number of rotatable bonds is 5. The SMILES string of the molecule is O=C(N[C@H](CN1CCOCC1)c1ccccc1)c1cc(Cl)c2c(c1)OCO2. The zero-order valence-electron chi connectivity index (χ0n) is 14.8. The van der Waals surface area contributed by atoms with Gasteiger partial charge in [0.1, 0.15) is 0 Å². The van der Waals surface area contributed by atoms with Gasteiger partial charge in [0.05, 0.1) is 24.3 Å². The van der Waals surface area contributed by atoms with Crippen LogP contribution < -0.4 is 14.8 Å². The van der Waals surface area contributed by atoms with E-state index in [1.165, 1.54) is 0 Å². The molecule has 1 amide bonds. The van der Waals surface area contributed by atoms with Crippen LogP contribution in [0.2, 0.25) is 5.02 Å². The summed E-state index contributed by atoms with van der Waals surface area (Å²) in [5.74, 6) is 0.788. The van der Waals surface area contributed by atoms with Crippen LogP contribution >= 0.6 is 11.6 Å². The van der Waals surface area contributed by atoms with Crippen molar-refractivity contribution in [3.63, 3.8) is 0 Å². The average molecular weight is 389 g/mol. The standard InChI is InChI=1S/C20H21ClN2O4/c21-16-10-15(11-18-19(16)27-13-26-18)20(24)22-17(14-4-2-1-3-5-14)12-23-6-8-25-9-7-23/h1-5,10-11,17H,6-9,12-13H2,(H,22,24)/t17-/m1/s1. The number of nitrogens with one attached hydrogen (secondary N) is 1. The second kappa shape index (κ2) is 8.17. The highest BCUT2D eigenvalue weighted by Crippen LogP contribution is 2.39. The van der Waals surface area contributed by atoms with Crippen molar-refractivity contribution in [2.24, 2.45) is 0 Å². The van der Waals surface area contributed by atoms with Crippen molar-refractivity contribution in [2.45, 2.75) is 6.04 Å². The van der Waals surface area contributed by atoms with Gasteiger partial charge in [0.2, 0.25) is 6.79 Å². The van der Waals surface area contributed by atoms with Crippen molar-refractivity contribution in [1.29, 1.82) is 0 Å². The van der Waals surface area contributed by atoms with Gasteiger partial charge in [0.15, 0.2) is 11.5 Å². The molecule has 0 saturated carbocycles. The Hall–Kier alpha value is -2.28. The number of carbonyl (C=O) groups excluding carboxylic acids is 1. The van der Waals surface area contributed by atoms with Gasteiger partial charge in [-0.2, -0.15) is 0 Å². The number of morpholine rings is 1. The Morgan fingerprint density at radius 3 is 2.70 bits per heavy atom. The van der Waals surface area contributed by atoms with Crippen molar-refractivity contribution in [1.82, 2.24) is 10.2 Å². The summed E-state index contributed by atoms with van der Waals surface area (Å²) in [5.41, 5.74) is 1.51. The van der Waals surface area contributed by atoms with Crippen molar-refractivity contribution >= 4 is 17.5 Å². The van der Waals surface area contributed by atoms with Crippen LogP contribution in [0, 0.1) is 0 Å². The largest absolute Gasteiger partial charge is 0.454 e. The average Bonchev–Trinajstić information content (AvgIpc) is 3.18. The zero-order chi connectivity index (χ0) is 18.6. The number of hydrogen-bond donors (Lipinski definition) is 1. The topological polar surface area (TPSA) is 60.0 Å². The lowest BCUT2D eigenvalue weighted by Gasteiger charge is -2.31. The third kappa shape index (κ3) is 4.18. The minimum absolute atomic E-state index is 0.115. The predicted octanol–water partition coefficient (Wildman–Crippen LogP) is 2.87. The molecule has 6 nitrogen and oxygen atoms in total. The van der Waals surface area contributed by atoms with Crippen molar-refractivity contribution in [2.75, 3.05) is 39.6 Å². The highest BCUT2D eigenvalue weighted by molar-refractivity contribution is 6.32. The zero-order valence-corrected chi connectivity index (χ0v) is 15.6. The molecule has 4 rings (SSSR count). The summed E-state index contributed by atoms with van der Waals surface area (Å²) in [7, 11) is 0. The Kier molecular flexibility index (Phi) is 5.48. The van der Waals surface area contributed by atoms with Crippen LogP contribution in [-0.4, -0.2) is 50.4 Å². The molecular formula is C20H21ClN2O4. The van der Waals surface area contributed by atoms with E-state index < -0.39 is 0 Å². The molecular weight excluding hydrogens is 368 g/mol. The van der Waals surface area contributed by atoms with E-state index in [1.807, 2.05) is 30.3 Å². The lowest BCUT2D eigenvalue weighted by atomic mass is 10.0. The monoisotopic (exact) mass is 388 g/mol. The molecule has 1 N–H and O–H groups in total. The summed E-state index contributed by atoms with van der Waals surface area (Å²) in [6.45, 7) is 3.98. The third-order valence-corrected chi connectivity index (χ3v) is 5.02. The molecule has 7 heteroatoms. The maximum atomic E-state index is 12.9. The summed E-state index contributed by atoms with van der Waals surface area (Å²) in [6, 6.07) is 13.1. The van der Waals surface area contributed by atoms with Gasteiger partial charge in [-0.3, -0.25) is 9.69 Å². The van der Waals surface area contributed by atoms with E-state index in [2.05, 4.69) is 10.2 Å². The first-order chi connectivity index (χ1) is 13.2. The van der Waals surface area contributed by atoms with Crippen LogP contribution in [0.15, 0.2) is 42.5 Å². The van der Waals surface area contributed by atoms with Gasteiger partial charge in [-0.25, -0.2) is 0 Å². The molecule has 0 unspecified atom stereocenters. The maximum Gasteiger partial charge on any atom is 0.252 e. The molecule has 1 fully saturated rings. The molecule has 1 atom stereocenters. The maximum absolute atomic E-state index is 12.9. The fourth-order valence-corrected chi connectivity index (χ4v) is 3.57. The van der Waals surface area contributed by atoms with E-state index in [0.29, 0.717) is 35.3 Å². The second-order valence-electron chi connectivity index (χ2n) is 6.54. The molecule has 0 bridgehead atoms. The van der Waals surface area contributed by atoms with E-state index in [1.54, 1.807) is 12.1 Å². The van der Waals surface area contributed by atoms with E-state index in [-0.39, 0.29) is 18.7 Å². The highest BCUT2D eigenvalue weighted by Gasteiger charge is 2.24. The Morgan fingerprint density at radius 1 is 1.15 bits per heavy atom. The minimum Gasteiger partial charge on any atom is -0.454 e. The summed E-state index contributed by atoms with van der Waals surface area (Å²) in [4.78, 5) is 15.2. The van der Waals surface area contributed by atoms with Crippen molar-refractivity contribution < 1.29 is 19.0 Å².